The maximum atomic E-state index is 16.0. The van der Waals surface area contributed by atoms with Crippen molar-refractivity contribution in [2.75, 3.05) is 0 Å². The van der Waals surface area contributed by atoms with Gasteiger partial charge in [-0.25, -0.2) is 0 Å². The number of ether oxygens (including phenoxy) is 1. The molecule has 0 saturated carbocycles. The number of para-hydroxylation sites is 4. The fourth-order valence-corrected chi connectivity index (χ4v) is 10.7. The average Bonchev–Trinajstić information content (AvgIpc) is 3.75. The molecule has 8 aromatic carbocycles. The van der Waals surface area contributed by atoms with Crippen LogP contribution in [-0.4, -0.2) is 9.13 Å². The Morgan fingerprint density at radius 3 is 1.21 bits per heavy atom. The molecule has 10 aromatic rings. The molecule has 0 unspecified atom stereocenters. The predicted octanol–water partition coefficient (Wildman–Crippen LogP) is 11.3. The summed E-state index contributed by atoms with van der Waals surface area (Å²) in [5.41, 5.74) is 6.43. The van der Waals surface area contributed by atoms with E-state index in [1.165, 1.54) is 21.5 Å². The molecule has 53 heavy (non-hydrogen) atoms. The quantitative estimate of drug-likeness (QED) is 0.155. The summed E-state index contributed by atoms with van der Waals surface area (Å²) >= 11 is 0. The van der Waals surface area contributed by atoms with Crippen molar-refractivity contribution in [3.8, 4) is 22.9 Å². The monoisotopic (exact) mass is 700 g/mol. The minimum Gasteiger partial charge on any atom is -0.457 e. The maximum Gasteiger partial charge on any atom is 0.174 e. The van der Waals surface area contributed by atoms with Crippen LogP contribution >= 0.6 is 7.14 Å². The van der Waals surface area contributed by atoms with E-state index in [1.54, 1.807) is 0 Å². The van der Waals surface area contributed by atoms with Crippen LogP contribution in [0.3, 0.4) is 0 Å². The standard InChI is InChI=1S/C48H33N2O2P/c51-53(37-15-3-1-4-16-37,38-17-5-2-6-18-38)48-33-35(50-45-25-13-9-21-41(45)42-22-10-14-26-46(42)50)29-32-47(48)52-36-30-27-34(28-31-36)49-43-23-11-7-19-39(43)40-20-8-12-24-44(40)49/h1-33H. The highest BCUT2D eigenvalue weighted by Crippen LogP contribution is 2.47. The molecule has 2 heterocycles. The summed E-state index contributed by atoms with van der Waals surface area (Å²) in [6, 6.07) is 67.8. The third-order valence-corrected chi connectivity index (χ3v) is 13.3. The maximum absolute atomic E-state index is 16.0. The van der Waals surface area contributed by atoms with Crippen molar-refractivity contribution < 1.29 is 9.30 Å². The van der Waals surface area contributed by atoms with Gasteiger partial charge in [0.1, 0.15) is 11.5 Å². The van der Waals surface area contributed by atoms with Crippen molar-refractivity contribution >= 4 is 66.7 Å². The second-order valence-electron chi connectivity index (χ2n) is 13.3. The Labute approximate surface area is 307 Å². The highest BCUT2D eigenvalue weighted by Gasteiger charge is 2.34. The molecule has 0 N–H and O–H groups in total. The van der Waals surface area contributed by atoms with Crippen LogP contribution in [0, 0.1) is 0 Å². The van der Waals surface area contributed by atoms with Gasteiger partial charge in [-0.15, -0.1) is 0 Å². The van der Waals surface area contributed by atoms with E-state index in [-0.39, 0.29) is 0 Å². The lowest BCUT2D eigenvalue weighted by atomic mass is 10.2. The molecule has 0 bridgehead atoms. The topological polar surface area (TPSA) is 36.2 Å². The van der Waals surface area contributed by atoms with Crippen LogP contribution < -0.4 is 20.7 Å². The van der Waals surface area contributed by atoms with Crippen LogP contribution in [0.25, 0.3) is 55.0 Å². The van der Waals surface area contributed by atoms with E-state index in [1.807, 2.05) is 78.9 Å². The minimum absolute atomic E-state index is 0.551. The number of hydrogen-bond donors (Lipinski definition) is 0. The largest absolute Gasteiger partial charge is 0.457 e. The third kappa shape index (κ3) is 5.03. The second-order valence-corrected chi connectivity index (χ2v) is 16.0. The van der Waals surface area contributed by atoms with Crippen LogP contribution in [0.5, 0.6) is 11.5 Å². The van der Waals surface area contributed by atoms with Gasteiger partial charge in [0.2, 0.25) is 0 Å². The van der Waals surface area contributed by atoms with E-state index in [0.29, 0.717) is 16.8 Å². The Morgan fingerprint density at radius 1 is 0.377 bits per heavy atom. The summed E-state index contributed by atoms with van der Waals surface area (Å²) in [5, 5.41) is 6.91. The van der Waals surface area contributed by atoms with Gasteiger partial charge in [0.05, 0.1) is 27.4 Å². The first-order valence-corrected chi connectivity index (χ1v) is 19.5. The van der Waals surface area contributed by atoms with Gasteiger partial charge in [0.25, 0.3) is 0 Å². The fraction of sp³-hybridized carbons (Fsp3) is 0. The smallest absolute Gasteiger partial charge is 0.174 e. The highest BCUT2D eigenvalue weighted by atomic mass is 31.2. The van der Waals surface area contributed by atoms with E-state index in [2.05, 4.69) is 130 Å². The summed E-state index contributed by atoms with van der Waals surface area (Å²) in [4.78, 5) is 0. The molecule has 0 fully saturated rings. The molecule has 0 amide bonds. The molecule has 0 atom stereocenters. The molecule has 0 spiro atoms. The van der Waals surface area contributed by atoms with Crippen LogP contribution in [0.15, 0.2) is 200 Å². The highest BCUT2D eigenvalue weighted by molar-refractivity contribution is 7.85. The lowest BCUT2D eigenvalue weighted by Crippen LogP contribution is -2.26. The van der Waals surface area contributed by atoms with E-state index in [4.69, 9.17) is 4.74 Å². The number of benzene rings is 8. The molecule has 0 aliphatic rings. The van der Waals surface area contributed by atoms with E-state index in [0.717, 1.165) is 44.1 Å². The number of fused-ring (bicyclic) bond motifs is 6. The summed E-state index contributed by atoms with van der Waals surface area (Å²) in [5.74, 6) is 1.21. The molecule has 0 saturated heterocycles. The van der Waals surface area contributed by atoms with Crippen LogP contribution in [0.4, 0.5) is 0 Å². The zero-order valence-corrected chi connectivity index (χ0v) is 29.6. The Bertz CT molecular complexity index is 2850. The first kappa shape index (κ1) is 31.2. The summed E-state index contributed by atoms with van der Waals surface area (Å²) in [6.07, 6.45) is 0. The Hall–Kier alpha value is -6.61. The SMILES string of the molecule is O=P(c1ccccc1)(c1ccccc1)c1cc(-n2c3ccccc3c3ccccc32)ccc1Oc1ccc(-n2c3ccccc3c3ccccc32)cc1. The molecule has 4 nitrogen and oxygen atoms in total. The van der Waals surface area contributed by atoms with Gasteiger partial charge < -0.3 is 18.4 Å². The second kappa shape index (κ2) is 12.6. The lowest BCUT2D eigenvalue weighted by molar-refractivity contribution is 0.486. The van der Waals surface area contributed by atoms with Crippen molar-refractivity contribution in [1.82, 2.24) is 9.13 Å². The first-order chi connectivity index (χ1) is 26.2. The van der Waals surface area contributed by atoms with Gasteiger partial charge in [-0.3, -0.25) is 0 Å². The average molecular weight is 701 g/mol. The number of nitrogens with zero attached hydrogens (tertiary/aromatic N) is 2. The van der Waals surface area contributed by atoms with Gasteiger partial charge in [-0.05, 0) is 66.7 Å². The Balaban J connectivity index is 1.15. The molecule has 252 valence electrons. The van der Waals surface area contributed by atoms with Gasteiger partial charge >= 0.3 is 0 Å². The number of rotatable bonds is 7. The van der Waals surface area contributed by atoms with Gasteiger partial charge in [0.15, 0.2) is 7.14 Å². The van der Waals surface area contributed by atoms with E-state index < -0.39 is 7.14 Å². The molecule has 10 rings (SSSR count). The van der Waals surface area contributed by atoms with Crippen molar-refractivity contribution in [3.63, 3.8) is 0 Å². The normalized spacial score (nSPS) is 11.8. The molecule has 0 aliphatic carbocycles. The summed E-state index contributed by atoms with van der Waals surface area (Å²) in [6.45, 7) is 0. The van der Waals surface area contributed by atoms with Crippen molar-refractivity contribution in [1.29, 1.82) is 0 Å². The van der Waals surface area contributed by atoms with Crippen LogP contribution in [0.1, 0.15) is 0 Å². The lowest BCUT2D eigenvalue weighted by Gasteiger charge is -2.24. The summed E-state index contributed by atoms with van der Waals surface area (Å²) in [7, 11) is -3.45. The number of aromatic nitrogens is 2. The number of hydrogen-bond acceptors (Lipinski definition) is 2. The molecule has 5 heteroatoms. The molecule has 0 aliphatic heterocycles. The van der Waals surface area contributed by atoms with Crippen molar-refractivity contribution in [2.24, 2.45) is 0 Å². The molecule has 2 aromatic heterocycles. The zero-order valence-electron chi connectivity index (χ0n) is 28.7. The molecular weight excluding hydrogens is 668 g/mol. The van der Waals surface area contributed by atoms with Crippen LogP contribution in [-0.2, 0) is 4.57 Å². The van der Waals surface area contributed by atoms with Gasteiger partial charge in [-0.1, -0.05) is 133 Å². The molecule has 0 radical (unpaired) electrons. The van der Waals surface area contributed by atoms with Crippen molar-refractivity contribution in [2.45, 2.75) is 0 Å². The van der Waals surface area contributed by atoms with Gasteiger partial charge in [0, 0.05) is 43.5 Å². The minimum atomic E-state index is -3.45. The third-order valence-electron chi connectivity index (χ3n) is 10.3. The van der Waals surface area contributed by atoms with Crippen LogP contribution in [0.2, 0.25) is 0 Å². The zero-order chi connectivity index (χ0) is 35.4. The predicted molar refractivity (Wildman–Crippen MR) is 221 cm³/mol. The summed E-state index contributed by atoms with van der Waals surface area (Å²) < 4.78 is 27.4. The Kier molecular flexibility index (Phi) is 7.38. The molecular formula is C48H33N2O2P. The van der Waals surface area contributed by atoms with Crippen molar-refractivity contribution in [3.05, 3.63) is 200 Å². The van der Waals surface area contributed by atoms with E-state index in [9.17, 15) is 0 Å². The van der Waals surface area contributed by atoms with E-state index >= 15 is 4.57 Å². The van der Waals surface area contributed by atoms with Gasteiger partial charge in [-0.2, -0.15) is 0 Å². The Morgan fingerprint density at radius 2 is 0.755 bits per heavy atom. The first-order valence-electron chi connectivity index (χ1n) is 17.8. The fourth-order valence-electron chi connectivity index (χ4n) is 7.87.